The van der Waals surface area contributed by atoms with Gasteiger partial charge in [-0.1, -0.05) is 19.1 Å². The summed E-state index contributed by atoms with van der Waals surface area (Å²) in [5, 5.41) is 0. The lowest BCUT2D eigenvalue weighted by molar-refractivity contribution is 0.414. The lowest BCUT2D eigenvalue weighted by Crippen LogP contribution is -1.91. The Morgan fingerprint density at radius 1 is 1.27 bits per heavy atom. The van der Waals surface area contributed by atoms with Crippen LogP contribution in [0.25, 0.3) is 0 Å². The van der Waals surface area contributed by atoms with E-state index in [1.54, 1.807) is 7.11 Å². The Kier molecular flexibility index (Phi) is 2.71. The topological polar surface area (TPSA) is 9.23 Å². The van der Waals surface area contributed by atoms with Crippen LogP contribution < -0.4 is 4.74 Å². The van der Waals surface area contributed by atoms with Crippen molar-refractivity contribution < 1.29 is 4.74 Å². The molecule has 1 aromatic rings. The van der Waals surface area contributed by atoms with Crippen molar-refractivity contribution in [2.75, 3.05) is 7.11 Å². The van der Waals surface area contributed by atoms with E-state index in [0.717, 1.165) is 11.3 Å². The zero-order chi connectivity index (χ0) is 8.27. The van der Waals surface area contributed by atoms with Crippen molar-refractivity contribution in [3.05, 3.63) is 29.8 Å². The Balaban J connectivity index is 2.83. The van der Waals surface area contributed by atoms with Gasteiger partial charge in [0.25, 0.3) is 0 Å². The second kappa shape index (κ2) is 3.58. The van der Waals surface area contributed by atoms with Crippen LogP contribution in [0.5, 0.6) is 5.75 Å². The molecule has 11 heavy (non-hydrogen) atoms. The minimum absolute atomic E-state index is 0.737. The fourth-order valence-corrected chi connectivity index (χ4v) is 1.37. The molecule has 0 amide bonds. The van der Waals surface area contributed by atoms with Crippen molar-refractivity contribution in [2.45, 2.75) is 12.5 Å². The third-order valence-corrected chi connectivity index (χ3v) is 2.45. The second-order valence-electron chi connectivity index (χ2n) is 2.93. The Labute approximate surface area is 70.8 Å². The van der Waals surface area contributed by atoms with Crippen molar-refractivity contribution in [2.24, 2.45) is 0 Å². The number of benzene rings is 1. The summed E-state index contributed by atoms with van der Waals surface area (Å²) in [7, 11) is 2.91. The van der Waals surface area contributed by atoms with Gasteiger partial charge in [-0.15, -0.1) is 0 Å². The molecular formula is C9H14OSi. The van der Waals surface area contributed by atoms with E-state index in [9.17, 15) is 0 Å². The summed E-state index contributed by atoms with van der Waals surface area (Å²) in [6.45, 7) is 2.24. The van der Waals surface area contributed by atoms with Crippen molar-refractivity contribution in [3.8, 4) is 5.75 Å². The highest BCUT2D eigenvalue weighted by Gasteiger charge is 1.97. The average molecular weight is 166 g/mol. The van der Waals surface area contributed by atoms with Crippen LogP contribution in [-0.4, -0.2) is 17.4 Å². The summed E-state index contributed by atoms with van der Waals surface area (Å²) in [5.41, 5.74) is 2.15. The molecule has 1 unspecified atom stereocenters. The van der Waals surface area contributed by atoms with Gasteiger partial charge in [-0.3, -0.25) is 0 Å². The number of hydrogen-bond acceptors (Lipinski definition) is 1. The first-order chi connectivity index (χ1) is 5.24. The van der Waals surface area contributed by atoms with Crippen LogP contribution in [0.2, 0.25) is 0 Å². The van der Waals surface area contributed by atoms with Crippen molar-refractivity contribution in [3.63, 3.8) is 0 Å². The van der Waals surface area contributed by atoms with E-state index in [1.165, 1.54) is 15.8 Å². The molecule has 2 heteroatoms. The molecule has 0 aliphatic heterocycles. The fraction of sp³-hybridized carbons (Fsp3) is 0.333. The zero-order valence-electron chi connectivity index (χ0n) is 7.29. The van der Waals surface area contributed by atoms with E-state index < -0.39 is 0 Å². The predicted molar refractivity (Wildman–Crippen MR) is 51.3 cm³/mol. The lowest BCUT2D eigenvalue weighted by atomic mass is 10.1. The minimum atomic E-state index is 0.737. The number of hydrogen-bond donors (Lipinski definition) is 0. The summed E-state index contributed by atoms with van der Waals surface area (Å²) in [5.74, 6) is 0.941. The van der Waals surface area contributed by atoms with Gasteiger partial charge in [0.05, 0.1) is 7.11 Å². The smallest absolute Gasteiger partial charge is 0.118 e. The zero-order valence-corrected chi connectivity index (χ0v) is 9.29. The fourth-order valence-electron chi connectivity index (χ4n) is 0.989. The van der Waals surface area contributed by atoms with Gasteiger partial charge in [0, 0.05) is 10.2 Å². The molecule has 0 heterocycles. The average Bonchev–Trinajstić information content (AvgIpc) is 2.05. The molecule has 0 aliphatic rings. The highest BCUT2D eigenvalue weighted by molar-refractivity contribution is 6.12. The van der Waals surface area contributed by atoms with E-state index in [2.05, 4.69) is 19.1 Å². The van der Waals surface area contributed by atoms with Gasteiger partial charge in [-0.25, -0.2) is 0 Å². The maximum absolute atomic E-state index is 5.06. The van der Waals surface area contributed by atoms with Gasteiger partial charge in [0.2, 0.25) is 0 Å². The molecule has 1 atom stereocenters. The lowest BCUT2D eigenvalue weighted by Gasteiger charge is -2.05. The number of ether oxygens (including phenoxy) is 1. The standard InChI is InChI=1S/C9H14OSi/c1-7(11)8-3-5-9(10-2)6-4-8/h3-7H,1-2,11H3. The Morgan fingerprint density at radius 3 is 2.18 bits per heavy atom. The molecule has 0 saturated heterocycles. The van der Waals surface area contributed by atoms with Crippen molar-refractivity contribution in [1.82, 2.24) is 0 Å². The molecule has 0 N–H and O–H groups in total. The molecule has 1 aromatic carbocycles. The van der Waals surface area contributed by atoms with Gasteiger partial charge in [-0.2, -0.15) is 0 Å². The van der Waals surface area contributed by atoms with Gasteiger partial charge >= 0.3 is 0 Å². The quantitative estimate of drug-likeness (QED) is 0.598. The molecule has 0 saturated carbocycles. The van der Waals surface area contributed by atoms with E-state index in [0.29, 0.717) is 0 Å². The second-order valence-corrected chi connectivity index (χ2v) is 4.66. The van der Waals surface area contributed by atoms with E-state index in [4.69, 9.17) is 4.74 Å². The maximum Gasteiger partial charge on any atom is 0.118 e. The van der Waals surface area contributed by atoms with E-state index in [-0.39, 0.29) is 0 Å². The first kappa shape index (κ1) is 8.33. The molecule has 0 spiro atoms. The molecule has 0 aliphatic carbocycles. The predicted octanol–water partition coefficient (Wildman–Crippen LogP) is 1.12. The monoisotopic (exact) mass is 166 g/mol. The van der Waals surface area contributed by atoms with Crippen LogP contribution in [-0.2, 0) is 0 Å². The summed E-state index contributed by atoms with van der Waals surface area (Å²) in [4.78, 5) is 0. The molecule has 0 bridgehead atoms. The number of methoxy groups -OCH3 is 1. The Hall–Kier alpha value is -0.763. The molecule has 0 radical (unpaired) electrons. The molecule has 1 rings (SSSR count). The van der Waals surface area contributed by atoms with Gasteiger partial charge < -0.3 is 4.74 Å². The van der Waals surface area contributed by atoms with E-state index >= 15 is 0 Å². The van der Waals surface area contributed by atoms with Crippen LogP contribution >= 0.6 is 0 Å². The summed E-state index contributed by atoms with van der Waals surface area (Å²) < 4.78 is 5.06. The Morgan fingerprint density at radius 2 is 1.82 bits per heavy atom. The molecular weight excluding hydrogens is 152 g/mol. The third kappa shape index (κ3) is 2.08. The van der Waals surface area contributed by atoms with Crippen LogP contribution in [0.3, 0.4) is 0 Å². The highest BCUT2D eigenvalue weighted by atomic mass is 28.1. The first-order valence-corrected chi connectivity index (χ1v) is 5.03. The van der Waals surface area contributed by atoms with Crippen molar-refractivity contribution >= 4 is 10.2 Å². The minimum Gasteiger partial charge on any atom is -0.497 e. The van der Waals surface area contributed by atoms with Gasteiger partial charge in [0.15, 0.2) is 0 Å². The molecule has 60 valence electrons. The third-order valence-electron chi connectivity index (χ3n) is 1.78. The molecule has 0 aromatic heterocycles. The molecule has 1 nitrogen and oxygen atoms in total. The van der Waals surface area contributed by atoms with Crippen LogP contribution in [0, 0.1) is 0 Å². The van der Waals surface area contributed by atoms with Crippen LogP contribution in [0.4, 0.5) is 0 Å². The Bertz CT molecular complexity index is 216. The molecule has 0 fully saturated rings. The van der Waals surface area contributed by atoms with Gasteiger partial charge in [0.1, 0.15) is 5.75 Å². The summed E-state index contributed by atoms with van der Waals surface area (Å²) in [6.07, 6.45) is 0. The van der Waals surface area contributed by atoms with Crippen molar-refractivity contribution in [1.29, 1.82) is 0 Å². The van der Waals surface area contributed by atoms with Gasteiger partial charge in [-0.05, 0) is 23.2 Å². The van der Waals surface area contributed by atoms with Crippen LogP contribution in [0.1, 0.15) is 18.0 Å². The van der Waals surface area contributed by atoms with E-state index in [1.807, 2.05) is 12.1 Å². The highest BCUT2D eigenvalue weighted by Crippen LogP contribution is 2.16. The summed E-state index contributed by atoms with van der Waals surface area (Å²) in [6, 6.07) is 8.31. The number of rotatable bonds is 2. The first-order valence-electron chi connectivity index (χ1n) is 3.88. The largest absolute Gasteiger partial charge is 0.497 e. The maximum atomic E-state index is 5.06. The normalized spacial score (nSPS) is 12.9. The summed E-state index contributed by atoms with van der Waals surface area (Å²) >= 11 is 0. The van der Waals surface area contributed by atoms with Crippen LogP contribution in [0.15, 0.2) is 24.3 Å². The SMILES string of the molecule is COc1ccc(C(C)[SiH3])cc1.